The fraction of sp³-hybridized carbons (Fsp3) is 0.267. The van der Waals surface area contributed by atoms with E-state index in [9.17, 15) is 4.79 Å². The summed E-state index contributed by atoms with van der Waals surface area (Å²) in [6.07, 6.45) is 1.46. The second-order valence-electron chi connectivity index (χ2n) is 5.12. The van der Waals surface area contributed by atoms with E-state index in [0.29, 0.717) is 22.7 Å². The molecule has 0 fully saturated rings. The lowest BCUT2D eigenvalue weighted by Crippen LogP contribution is -2.24. The topological polar surface area (TPSA) is 85.6 Å². The minimum absolute atomic E-state index is 0.0498. The van der Waals surface area contributed by atoms with Crippen molar-refractivity contribution in [3.8, 4) is 0 Å². The number of thioether (sulfide) groups is 1. The highest BCUT2D eigenvalue weighted by molar-refractivity contribution is 8.00. The van der Waals surface area contributed by atoms with E-state index in [1.807, 2.05) is 31.2 Å². The first-order valence-corrected chi connectivity index (χ1v) is 8.07. The molecule has 7 nitrogen and oxygen atoms in total. The first-order chi connectivity index (χ1) is 11.1. The van der Waals surface area contributed by atoms with Crippen molar-refractivity contribution < 1.29 is 4.79 Å². The van der Waals surface area contributed by atoms with Crippen LogP contribution in [0.25, 0.3) is 11.2 Å². The third kappa shape index (κ3) is 3.65. The van der Waals surface area contributed by atoms with Gasteiger partial charge in [-0.05, 0) is 12.5 Å². The van der Waals surface area contributed by atoms with Crippen LogP contribution < -0.4 is 5.32 Å². The summed E-state index contributed by atoms with van der Waals surface area (Å²) in [4.78, 5) is 20.3. The number of carbonyl (C=O) groups is 1. The quantitative estimate of drug-likeness (QED) is 0.564. The molecule has 8 heteroatoms. The normalized spacial score (nSPS) is 10.9. The van der Waals surface area contributed by atoms with Crippen molar-refractivity contribution in [3.63, 3.8) is 0 Å². The third-order valence-corrected chi connectivity index (χ3v) is 4.28. The maximum absolute atomic E-state index is 12.0. The van der Waals surface area contributed by atoms with E-state index in [4.69, 9.17) is 0 Å². The second-order valence-corrected chi connectivity index (χ2v) is 6.08. The predicted octanol–water partition coefficient (Wildman–Crippen LogP) is 1.48. The molecule has 1 aromatic carbocycles. The van der Waals surface area contributed by atoms with Crippen LogP contribution in [0.3, 0.4) is 0 Å². The first kappa shape index (κ1) is 15.4. The summed E-state index contributed by atoms with van der Waals surface area (Å²) < 4.78 is 1.58. The molecule has 0 unspecified atom stereocenters. The number of aryl methyl sites for hydroxylation is 2. The fourth-order valence-corrected chi connectivity index (χ4v) is 2.79. The molecule has 0 aliphatic heterocycles. The molecule has 1 N–H and O–H groups in total. The predicted molar refractivity (Wildman–Crippen MR) is 87.8 cm³/mol. The summed E-state index contributed by atoms with van der Waals surface area (Å²) in [5, 5.41) is 11.5. The van der Waals surface area contributed by atoms with Crippen molar-refractivity contribution in [2.75, 3.05) is 5.75 Å². The number of nitrogens with zero attached hydrogens (tertiary/aromatic N) is 5. The van der Waals surface area contributed by atoms with E-state index < -0.39 is 0 Å². The average Bonchev–Trinajstić information content (AvgIpc) is 2.94. The average molecular weight is 328 g/mol. The van der Waals surface area contributed by atoms with Crippen LogP contribution in [0.5, 0.6) is 0 Å². The van der Waals surface area contributed by atoms with Gasteiger partial charge in [-0.2, -0.15) is 0 Å². The van der Waals surface area contributed by atoms with E-state index in [2.05, 4.69) is 25.6 Å². The highest BCUT2D eigenvalue weighted by Crippen LogP contribution is 2.21. The minimum atomic E-state index is -0.0498. The zero-order valence-electron chi connectivity index (χ0n) is 12.9. The molecule has 23 heavy (non-hydrogen) atoms. The molecule has 0 bridgehead atoms. The minimum Gasteiger partial charge on any atom is -0.351 e. The van der Waals surface area contributed by atoms with Crippen molar-refractivity contribution in [1.82, 2.24) is 30.3 Å². The molecule has 3 aromatic rings. The van der Waals surface area contributed by atoms with Gasteiger partial charge in [0, 0.05) is 13.6 Å². The van der Waals surface area contributed by atoms with Gasteiger partial charge in [0.15, 0.2) is 11.2 Å². The Kier molecular flexibility index (Phi) is 4.52. The Labute approximate surface area is 137 Å². The van der Waals surface area contributed by atoms with E-state index >= 15 is 0 Å². The van der Waals surface area contributed by atoms with Crippen LogP contribution in [0.15, 0.2) is 35.6 Å². The molecule has 0 aliphatic carbocycles. The molecule has 0 saturated carbocycles. The lowest BCUT2D eigenvalue weighted by atomic mass is 10.1. The van der Waals surface area contributed by atoms with Crippen LogP contribution in [0.2, 0.25) is 0 Å². The lowest BCUT2D eigenvalue weighted by Gasteiger charge is -2.05. The van der Waals surface area contributed by atoms with Gasteiger partial charge in [0.05, 0.1) is 5.75 Å². The van der Waals surface area contributed by atoms with Gasteiger partial charge in [0.1, 0.15) is 11.4 Å². The van der Waals surface area contributed by atoms with Gasteiger partial charge in [0.2, 0.25) is 5.91 Å². The number of hydrogen-bond acceptors (Lipinski definition) is 6. The molecule has 2 aromatic heterocycles. The SMILES string of the molecule is Cc1ccc(CNC(=O)CSc2ncnc3c2nnn3C)cc1. The fourth-order valence-electron chi connectivity index (χ4n) is 2.03. The zero-order valence-corrected chi connectivity index (χ0v) is 13.7. The Morgan fingerprint density at radius 2 is 2.04 bits per heavy atom. The molecule has 118 valence electrons. The monoisotopic (exact) mass is 328 g/mol. The van der Waals surface area contributed by atoms with Crippen molar-refractivity contribution in [2.45, 2.75) is 18.5 Å². The van der Waals surface area contributed by atoms with Crippen molar-refractivity contribution >= 4 is 28.8 Å². The van der Waals surface area contributed by atoms with E-state index in [1.54, 1.807) is 11.7 Å². The molecule has 1 amide bonds. The number of hydrogen-bond donors (Lipinski definition) is 1. The number of nitrogens with one attached hydrogen (secondary N) is 1. The van der Waals surface area contributed by atoms with Gasteiger partial charge < -0.3 is 5.32 Å². The molecule has 0 saturated heterocycles. The zero-order chi connectivity index (χ0) is 16.2. The number of amides is 1. The van der Waals surface area contributed by atoms with Crippen LogP contribution in [-0.4, -0.2) is 36.6 Å². The maximum Gasteiger partial charge on any atom is 0.230 e. The maximum atomic E-state index is 12.0. The Bertz CT molecular complexity index is 830. The molecule has 0 radical (unpaired) electrons. The van der Waals surface area contributed by atoms with E-state index in [-0.39, 0.29) is 11.7 Å². The van der Waals surface area contributed by atoms with Crippen LogP contribution >= 0.6 is 11.8 Å². The number of benzene rings is 1. The van der Waals surface area contributed by atoms with Crippen LogP contribution in [0.4, 0.5) is 0 Å². The Hall–Kier alpha value is -2.48. The van der Waals surface area contributed by atoms with Crippen LogP contribution in [-0.2, 0) is 18.4 Å². The van der Waals surface area contributed by atoms with Gasteiger partial charge in [0.25, 0.3) is 0 Å². The number of aromatic nitrogens is 5. The van der Waals surface area contributed by atoms with Gasteiger partial charge in [-0.3, -0.25) is 4.79 Å². The number of fused-ring (bicyclic) bond motifs is 1. The second kappa shape index (κ2) is 6.74. The molecule has 0 aliphatic rings. The molecule has 3 rings (SSSR count). The standard InChI is InChI=1S/C15H16N6OS/c1-10-3-5-11(6-4-10)7-16-12(22)8-23-15-13-14(17-9-18-15)21(2)20-19-13/h3-6,9H,7-8H2,1-2H3,(H,16,22). The van der Waals surface area contributed by atoms with Crippen molar-refractivity contribution in [3.05, 3.63) is 41.7 Å². The summed E-state index contributed by atoms with van der Waals surface area (Å²) in [6, 6.07) is 8.08. The summed E-state index contributed by atoms with van der Waals surface area (Å²) in [5.74, 6) is 0.223. The summed E-state index contributed by atoms with van der Waals surface area (Å²) in [6.45, 7) is 2.55. The third-order valence-electron chi connectivity index (χ3n) is 3.31. The summed E-state index contributed by atoms with van der Waals surface area (Å²) in [5.41, 5.74) is 3.55. The van der Waals surface area contributed by atoms with E-state index in [1.165, 1.54) is 23.7 Å². The smallest absolute Gasteiger partial charge is 0.230 e. The van der Waals surface area contributed by atoms with Crippen LogP contribution in [0, 0.1) is 6.92 Å². The van der Waals surface area contributed by atoms with Gasteiger partial charge in [-0.15, -0.1) is 5.10 Å². The lowest BCUT2D eigenvalue weighted by molar-refractivity contribution is -0.118. The largest absolute Gasteiger partial charge is 0.351 e. The molecule has 2 heterocycles. The van der Waals surface area contributed by atoms with Gasteiger partial charge in [-0.25, -0.2) is 14.6 Å². The van der Waals surface area contributed by atoms with Crippen LogP contribution in [0.1, 0.15) is 11.1 Å². The number of carbonyl (C=O) groups excluding carboxylic acids is 1. The van der Waals surface area contributed by atoms with E-state index in [0.717, 1.165) is 5.56 Å². The molecule has 0 atom stereocenters. The molecular formula is C15H16N6OS. The van der Waals surface area contributed by atoms with Crippen molar-refractivity contribution in [1.29, 1.82) is 0 Å². The summed E-state index contributed by atoms with van der Waals surface area (Å²) in [7, 11) is 1.77. The summed E-state index contributed by atoms with van der Waals surface area (Å²) >= 11 is 1.33. The van der Waals surface area contributed by atoms with Crippen molar-refractivity contribution in [2.24, 2.45) is 7.05 Å². The molecular weight excluding hydrogens is 312 g/mol. The Morgan fingerprint density at radius 3 is 2.83 bits per heavy atom. The number of rotatable bonds is 5. The highest BCUT2D eigenvalue weighted by Gasteiger charge is 2.12. The highest BCUT2D eigenvalue weighted by atomic mass is 32.2. The Balaban J connectivity index is 1.57. The Morgan fingerprint density at radius 1 is 1.26 bits per heavy atom. The van der Waals surface area contributed by atoms with Gasteiger partial charge in [-0.1, -0.05) is 46.8 Å². The molecule has 0 spiro atoms. The first-order valence-electron chi connectivity index (χ1n) is 7.09. The van der Waals surface area contributed by atoms with Gasteiger partial charge >= 0.3 is 0 Å².